The second kappa shape index (κ2) is 7.26. The van der Waals surface area contributed by atoms with Gasteiger partial charge in [0.15, 0.2) is 0 Å². The minimum Gasteiger partial charge on any atom is -0.465 e. The summed E-state index contributed by atoms with van der Waals surface area (Å²) < 4.78 is 11.5. The molecule has 1 aromatic heterocycles. The molecule has 0 amide bonds. The molecule has 22 heavy (non-hydrogen) atoms. The normalized spacial score (nSPS) is 12.0. The standard InChI is InChI=1S/C16H18BrNO3S/c1-18(2)15-12(16(19)21-4)9-13(22-15)14(20-3)10-5-7-11(17)8-6-10/h5-9,14H,1-4H3. The van der Waals surface area contributed by atoms with Gasteiger partial charge in [-0.25, -0.2) is 4.79 Å². The van der Waals surface area contributed by atoms with Gasteiger partial charge in [0.1, 0.15) is 11.1 Å². The number of anilines is 1. The third-order valence-corrected chi connectivity index (χ3v) is 5.08. The first-order valence-electron chi connectivity index (χ1n) is 6.65. The predicted octanol–water partition coefficient (Wildman–Crippen LogP) is 4.10. The zero-order valence-corrected chi connectivity index (χ0v) is 15.3. The number of carbonyl (C=O) groups is 1. The van der Waals surface area contributed by atoms with Crippen LogP contribution in [0.2, 0.25) is 0 Å². The van der Waals surface area contributed by atoms with E-state index in [0.29, 0.717) is 5.56 Å². The maximum absolute atomic E-state index is 12.0. The third-order valence-electron chi connectivity index (χ3n) is 3.21. The molecule has 0 spiro atoms. The van der Waals surface area contributed by atoms with E-state index in [4.69, 9.17) is 9.47 Å². The zero-order valence-electron chi connectivity index (χ0n) is 12.9. The van der Waals surface area contributed by atoms with Crippen molar-refractivity contribution in [2.45, 2.75) is 6.10 Å². The number of carbonyl (C=O) groups excluding carboxylic acids is 1. The highest BCUT2D eigenvalue weighted by atomic mass is 79.9. The number of nitrogens with zero attached hydrogens (tertiary/aromatic N) is 1. The van der Waals surface area contributed by atoms with Crippen LogP contribution in [0.3, 0.4) is 0 Å². The molecule has 118 valence electrons. The monoisotopic (exact) mass is 383 g/mol. The molecule has 2 rings (SSSR count). The largest absolute Gasteiger partial charge is 0.465 e. The van der Waals surface area contributed by atoms with Crippen LogP contribution in [-0.4, -0.2) is 34.3 Å². The van der Waals surface area contributed by atoms with E-state index in [-0.39, 0.29) is 12.1 Å². The molecule has 0 aliphatic carbocycles. The van der Waals surface area contributed by atoms with Crippen molar-refractivity contribution in [3.05, 3.63) is 50.8 Å². The summed E-state index contributed by atoms with van der Waals surface area (Å²) in [5.41, 5.74) is 1.60. The minimum atomic E-state index is -0.336. The molecular formula is C16H18BrNO3S. The van der Waals surface area contributed by atoms with E-state index in [9.17, 15) is 4.79 Å². The molecule has 0 fully saturated rings. The lowest BCUT2D eigenvalue weighted by atomic mass is 10.1. The molecule has 4 nitrogen and oxygen atoms in total. The first-order chi connectivity index (χ1) is 10.5. The fourth-order valence-corrected chi connectivity index (χ4v) is 3.61. The molecule has 0 N–H and O–H groups in total. The van der Waals surface area contributed by atoms with Crippen LogP contribution >= 0.6 is 27.3 Å². The Labute approximate surface area is 142 Å². The lowest BCUT2D eigenvalue weighted by Crippen LogP contribution is -2.11. The van der Waals surface area contributed by atoms with E-state index < -0.39 is 0 Å². The van der Waals surface area contributed by atoms with Crippen LogP contribution in [0.5, 0.6) is 0 Å². The molecule has 0 saturated heterocycles. The number of methoxy groups -OCH3 is 2. The van der Waals surface area contributed by atoms with Crippen LogP contribution in [0.25, 0.3) is 0 Å². The topological polar surface area (TPSA) is 38.8 Å². The van der Waals surface area contributed by atoms with E-state index in [1.165, 1.54) is 18.4 Å². The van der Waals surface area contributed by atoms with E-state index in [0.717, 1.165) is 19.9 Å². The van der Waals surface area contributed by atoms with Gasteiger partial charge < -0.3 is 14.4 Å². The summed E-state index contributed by atoms with van der Waals surface area (Å²) in [5, 5.41) is 0.862. The van der Waals surface area contributed by atoms with Gasteiger partial charge in [-0.15, -0.1) is 11.3 Å². The molecule has 1 heterocycles. The Morgan fingerprint density at radius 1 is 1.23 bits per heavy atom. The molecule has 1 aromatic carbocycles. The Kier molecular flexibility index (Phi) is 5.61. The van der Waals surface area contributed by atoms with Gasteiger partial charge in [-0.3, -0.25) is 0 Å². The molecule has 0 aliphatic rings. The van der Waals surface area contributed by atoms with Crippen LogP contribution in [0, 0.1) is 0 Å². The molecule has 1 atom stereocenters. The molecule has 2 aromatic rings. The van der Waals surface area contributed by atoms with Crippen LogP contribution in [0.4, 0.5) is 5.00 Å². The second-order valence-corrected chi connectivity index (χ2v) is 6.90. The zero-order chi connectivity index (χ0) is 16.3. The molecule has 0 saturated carbocycles. The molecule has 0 radical (unpaired) electrons. The van der Waals surface area contributed by atoms with Crippen molar-refractivity contribution >= 4 is 38.2 Å². The fraction of sp³-hybridized carbons (Fsp3) is 0.312. The summed E-state index contributed by atoms with van der Waals surface area (Å²) in [4.78, 5) is 14.8. The molecule has 6 heteroatoms. The van der Waals surface area contributed by atoms with Crippen molar-refractivity contribution in [3.8, 4) is 0 Å². The SMILES string of the molecule is COC(=O)c1cc(C(OC)c2ccc(Br)cc2)sc1N(C)C. The number of hydrogen-bond donors (Lipinski definition) is 0. The maximum atomic E-state index is 12.0. The van der Waals surface area contributed by atoms with Gasteiger partial charge in [0.2, 0.25) is 0 Å². The first-order valence-corrected chi connectivity index (χ1v) is 8.26. The summed E-state index contributed by atoms with van der Waals surface area (Å²) in [5.74, 6) is -0.336. The van der Waals surface area contributed by atoms with Gasteiger partial charge in [0, 0.05) is 30.6 Å². The number of benzene rings is 1. The number of esters is 1. The van der Waals surface area contributed by atoms with Gasteiger partial charge >= 0.3 is 5.97 Å². The Morgan fingerprint density at radius 2 is 1.86 bits per heavy atom. The molecule has 1 unspecified atom stereocenters. The Balaban J connectivity index is 2.45. The number of ether oxygens (including phenoxy) is 2. The number of rotatable bonds is 5. The highest BCUT2D eigenvalue weighted by Crippen LogP contribution is 2.38. The van der Waals surface area contributed by atoms with Crippen molar-refractivity contribution in [2.75, 3.05) is 33.2 Å². The van der Waals surface area contributed by atoms with Gasteiger partial charge in [-0.1, -0.05) is 28.1 Å². The molecule has 0 aliphatic heterocycles. The summed E-state index contributed by atoms with van der Waals surface area (Å²) in [6.45, 7) is 0. The Hall–Kier alpha value is -1.37. The van der Waals surface area contributed by atoms with Crippen molar-refractivity contribution in [1.29, 1.82) is 0 Å². The van der Waals surface area contributed by atoms with E-state index >= 15 is 0 Å². The number of hydrogen-bond acceptors (Lipinski definition) is 5. The highest BCUT2D eigenvalue weighted by Gasteiger charge is 2.23. The summed E-state index contributed by atoms with van der Waals surface area (Å²) in [7, 11) is 6.87. The van der Waals surface area contributed by atoms with E-state index in [1.54, 1.807) is 7.11 Å². The van der Waals surface area contributed by atoms with Crippen molar-refractivity contribution in [3.63, 3.8) is 0 Å². The van der Waals surface area contributed by atoms with Crippen molar-refractivity contribution < 1.29 is 14.3 Å². The minimum absolute atomic E-state index is 0.213. The van der Waals surface area contributed by atoms with Gasteiger partial charge in [-0.05, 0) is 23.8 Å². The van der Waals surface area contributed by atoms with Gasteiger partial charge in [0.25, 0.3) is 0 Å². The quantitative estimate of drug-likeness (QED) is 0.728. The predicted molar refractivity (Wildman–Crippen MR) is 93.0 cm³/mol. The Bertz CT molecular complexity index is 652. The molecular weight excluding hydrogens is 366 g/mol. The van der Waals surface area contributed by atoms with Gasteiger partial charge in [0.05, 0.1) is 12.7 Å². The van der Waals surface area contributed by atoms with Crippen molar-refractivity contribution in [2.24, 2.45) is 0 Å². The smallest absolute Gasteiger partial charge is 0.340 e. The summed E-state index contributed by atoms with van der Waals surface area (Å²) in [6, 6.07) is 9.81. The average molecular weight is 384 g/mol. The third kappa shape index (κ3) is 3.51. The second-order valence-electron chi connectivity index (χ2n) is 4.92. The van der Waals surface area contributed by atoms with Crippen LogP contribution in [-0.2, 0) is 9.47 Å². The van der Waals surface area contributed by atoms with Gasteiger partial charge in [-0.2, -0.15) is 0 Å². The van der Waals surface area contributed by atoms with Crippen LogP contribution in [0.15, 0.2) is 34.8 Å². The lowest BCUT2D eigenvalue weighted by molar-refractivity contribution is 0.0601. The fourth-order valence-electron chi connectivity index (χ4n) is 2.17. The van der Waals surface area contributed by atoms with E-state index in [1.807, 2.05) is 49.3 Å². The van der Waals surface area contributed by atoms with Crippen LogP contribution in [0.1, 0.15) is 26.9 Å². The summed E-state index contributed by atoms with van der Waals surface area (Å²) in [6.07, 6.45) is -0.213. The first kappa shape index (κ1) is 17.0. The number of halogens is 1. The Morgan fingerprint density at radius 3 is 2.36 bits per heavy atom. The highest BCUT2D eigenvalue weighted by molar-refractivity contribution is 9.10. The summed E-state index contributed by atoms with van der Waals surface area (Å²) >= 11 is 4.96. The van der Waals surface area contributed by atoms with Crippen molar-refractivity contribution in [1.82, 2.24) is 0 Å². The molecule has 0 bridgehead atoms. The van der Waals surface area contributed by atoms with Crippen LogP contribution < -0.4 is 4.90 Å². The van der Waals surface area contributed by atoms with E-state index in [2.05, 4.69) is 15.9 Å². The lowest BCUT2D eigenvalue weighted by Gasteiger charge is -2.14. The average Bonchev–Trinajstić information content (AvgIpc) is 2.94. The maximum Gasteiger partial charge on any atom is 0.340 e. The number of thiophene rings is 1.